The Bertz CT molecular complexity index is 1050. The van der Waals surface area contributed by atoms with Crippen molar-refractivity contribution in [1.82, 2.24) is 10.6 Å². The first-order chi connectivity index (χ1) is 16.7. The van der Waals surface area contributed by atoms with Crippen molar-refractivity contribution in [3.63, 3.8) is 0 Å². The number of alkyl carbamates (subject to hydrolysis) is 1. The van der Waals surface area contributed by atoms with E-state index in [1.807, 2.05) is 38.1 Å². The van der Waals surface area contributed by atoms with E-state index < -0.39 is 23.4 Å². The first-order valence-corrected chi connectivity index (χ1v) is 12.3. The van der Waals surface area contributed by atoms with Crippen LogP contribution in [0, 0.1) is 11.3 Å². The molecule has 0 aliphatic heterocycles. The number of rotatable bonds is 8. The first kappa shape index (κ1) is 24.8. The molecule has 1 saturated carbocycles. The zero-order valence-corrected chi connectivity index (χ0v) is 20.4. The smallest absolute Gasteiger partial charge is 0.407 e. The lowest BCUT2D eigenvalue weighted by Crippen LogP contribution is -2.43. The second-order valence-corrected chi connectivity index (χ2v) is 10.5. The zero-order chi connectivity index (χ0) is 25.0. The summed E-state index contributed by atoms with van der Waals surface area (Å²) < 4.78 is 5.59. The quantitative estimate of drug-likeness (QED) is 0.510. The van der Waals surface area contributed by atoms with Gasteiger partial charge < -0.3 is 20.5 Å². The van der Waals surface area contributed by atoms with Gasteiger partial charge in [-0.05, 0) is 46.9 Å². The minimum absolute atomic E-state index is 0.00272. The van der Waals surface area contributed by atoms with Crippen molar-refractivity contribution in [2.24, 2.45) is 11.3 Å². The maximum atomic E-state index is 12.6. The molecule has 7 heteroatoms. The molecule has 0 saturated heterocycles. The van der Waals surface area contributed by atoms with Gasteiger partial charge in [0.25, 0.3) is 0 Å². The van der Waals surface area contributed by atoms with Crippen LogP contribution in [-0.4, -0.2) is 42.3 Å². The summed E-state index contributed by atoms with van der Waals surface area (Å²) in [7, 11) is 0. The number of carbonyl (C=O) groups is 3. The van der Waals surface area contributed by atoms with Crippen LogP contribution in [-0.2, 0) is 14.3 Å². The lowest BCUT2D eigenvalue weighted by atomic mass is 9.85. The third-order valence-electron chi connectivity index (χ3n) is 7.08. The van der Waals surface area contributed by atoms with E-state index in [1.54, 1.807) is 0 Å². The minimum atomic E-state index is -0.795. The van der Waals surface area contributed by atoms with Crippen LogP contribution in [0.4, 0.5) is 4.79 Å². The van der Waals surface area contributed by atoms with Crippen molar-refractivity contribution in [1.29, 1.82) is 0 Å². The van der Waals surface area contributed by atoms with E-state index in [1.165, 1.54) is 11.1 Å². The molecule has 2 atom stereocenters. The molecule has 3 N–H and O–H groups in total. The summed E-state index contributed by atoms with van der Waals surface area (Å²) in [6, 6.07) is 16.3. The van der Waals surface area contributed by atoms with Gasteiger partial charge in [-0.15, -0.1) is 0 Å². The largest absolute Gasteiger partial charge is 0.481 e. The molecule has 0 aromatic heterocycles. The van der Waals surface area contributed by atoms with Crippen molar-refractivity contribution < 1.29 is 24.2 Å². The number of carboxylic acids is 1. The fraction of sp³-hybridized carbons (Fsp3) is 0.464. The number of fused-ring (bicyclic) bond motifs is 3. The zero-order valence-electron chi connectivity index (χ0n) is 20.4. The van der Waals surface area contributed by atoms with Crippen molar-refractivity contribution in [3.8, 4) is 11.1 Å². The van der Waals surface area contributed by atoms with Crippen LogP contribution in [0.2, 0.25) is 0 Å². The summed E-state index contributed by atoms with van der Waals surface area (Å²) >= 11 is 0. The molecule has 4 rings (SSSR count). The number of benzene rings is 2. The van der Waals surface area contributed by atoms with Crippen LogP contribution in [0.3, 0.4) is 0 Å². The molecule has 0 radical (unpaired) electrons. The molecule has 2 aliphatic carbocycles. The normalized spacial score (nSPS) is 19.4. The number of hydrogen-bond acceptors (Lipinski definition) is 4. The SMILES string of the molecule is CC(C)(CNC(=O)OCC1c2ccccc2-c2ccccc21)CC(=O)N[C@H]1CCC[C@@H](C(=O)O)C1. The fourth-order valence-electron chi connectivity index (χ4n) is 5.28. The van der Waals surface area contributed by atoms with Gasteiger partial charge in [-0.25, -0.2) is 4.79 Å². The Labute approximate surface area is 206 Å². The van der Waals surface area contributed by atoms with Gasteiger partial charge in [-0.3, -0.25) is 9.59 Å². The molecular formula is C28H34N2O5. The molecule has 0 unspecified atom stereocenters. The molecule has 2 aliphatic rings. The summed E-state index contributed by atoms with van der Waals surface area (Å²) in [6.07, 6.45) is 2.46. The summed E-state index contributed by atoms with van der Waals surface area (Å²) in [5.41, 5.74) is 4.20. The molecule has 0 spiro atoms. The Hall–Kier alpha value is -3.35. The standard InChI is InChI=1S/C28H34N2O5/c1-28(2,15-25(31)30-19-9-7-8-18(14-19)26(32)33)17-29-27(34)35-16-24-22-12-5-3-10-20(22)21-11-4-6-13-23(21)24/h3-6,10-13,18-19,24H,7-9,14-17H2,1-2H3,(H,29,34)(H,30,31)(H,32,33)/t18-,19+/m1/s1. The highest BCUT2D eigenvalue weighted by Crippen LogP contribution is 2.44. The van der Waals surface area contributed by atoms with Crippen molar-refractivity contribution in [2.75, 3.05) is 13.2 Å². The van der Waals surface area contributed by atoms with E-state index >= 15 is 0 Å². The predicted octanol–water partition coefficient (Wildman–Crippen LogP) is 4.70. The average molecular weight is 479 g/mol. The van der Waals surface area contributed by atoms with Gasteiger partial charge in [-0.2, -0.15) is 0 Å². The highest BCUT2D eigenvalue weighted by Gasteiger charge is 2.31. The maximum Gasteiger partial charge on any atom is 0.407 e. The number of nitrogens with one attached hydrogen (secondary N) is 2. The summed E-state index contributed by atoms with van der Waals surface area (Å²) in [5, 5.41) is 15.0. The fourth-order valence-corrected chi connectivity index (χ4v) is 5.28. The number of carboxylic acid groups (broad SMARTS) is 1. The third-order valence-corrected chi connectivity index (χ3v) is 7.08. The van der Waals surface area contributed by atoms with Crippen LogP contribution < -0.4 is 10.6 Å². The number of aliphatic carboxylic acids is 1. The lowest BCUT2D eigenvalue weighted by molar-refractivity contribution is -0.143. The number of amides is 2. The van der Waals surface area contributed by atoms with E-state index in [0.717, 1.165) is 24.0 Å². The van der Waals surface area contributed by atoms with Crippen LogP contribution in [0.25, 0.3) is 11.1 Å². The Morgan fingerprint density at radius 3 is 2.26 bits per heavy atom. The van der Waals surface area contributed by atoms with Crippen LogP contribution >= 0.6 is 0 Å². The van der Waals surface area contributed by atoms with Gasteiger partial charge in [-0.1, -0.05) is 68.8 Å². The summed E-state index contributed by atoms with van der Waals surface area (Å²) in [6.45, 7) is 4.36. The second kappa shape index (κ2) is 10.5. The third kappa shape index (κ3) is 6.02. The average Bonchev–Trinajstić information content (AvgIpc) is 3.15. The molecule has 35 heavy (non-hydrogen) atoms. The molecule has 2 aromatic carbocycles. The lowest BCUT2D eigenvalue weighted by Gasteiger charge is -2.29. The van der Waals surface area contributed by atoms with Crippen LogP contribution in [0.1, 0.15) is 63.0 Å². The Morgan fingerprint density at radius 1 is 1.00 bits per heavy atom. The molecule has 2 amide bonds. The first-order valence-electron chi connectivity index (χ1n) is 12.3. The van der Waals surface area contributed by atoms with Gasteiger partial charge in [0.1, 0.15) is 6.61 Å². The predicted molar refractivity (Wildman–Crippen MR) is 133 cm³/mol. The molecule has 0 bridgehead atoms. The number of hydrogen-bond donors (Lipinski definition) is 3. The van der Waals surface area contributed by atoms with E-state index in [-0.39, 0.29) is 30.9 Å². The maximum absolute atomic E-state index is 12.6. The van der Waals surface area contributed by atoms with Gasteiger partial charge in [0.2, 0.25) is 5.91 Å². The van der Waals surface area contributed by atoms with Crippen LogP contribution in [0.5, 0.6) is 0 Å². The number of ether oxygens (including phenoxy) is 1. The molecule has 186 valence electrons. The Morgan fingerprint density at radius 2 is 1.63 bits per heavy atom. The second-order valence-electron chi connectivity index (χ2n) is 10.5. The highest BCUT2D eigenvalue weighted by atomic mass is 16.5. The monoisotopic (exact) mass is 478 g/mol. The summed E-state index contributed by atoms with van der Waals surface area (Å²) in [4.78, 5) is 36.3. The van der Waals surface area contributed by atoms with E-state index in [0.29, 0.717) is 19.4 Å². The van der Waals surface area contributed by atoms with Gasteiger partial charge in [0, 0.05) is 24.9 Å². The molecular weight excluding hydrogens is 444 g/mol. The van der Waals surface area contributed by atoms with Crippen LogP contribution in [0.15, 0.2) is 48.5 Å². The van der Waals surface area contributed by atoms with E-state index in [9.17, 15) is 19.5 Å². The van der Waals surface area contributed by atoms with Gasteiger partial charge in [0.05, 0.1) is 5.92 Å². The topological polar surface area (TPSA) is 105 Å². The van der Waals surface area contributed by atoms with Crippen molar-refractivity contribution in [3.05, 3.63) is 59.7 Å². The summed E-state index contributed by atoms with van der Waals surface area (Å²) in [5.74, 6) is -1.31. The van der Waals surface area contributed by atoms with Crippen molar-refractivity contribution >= 4 is 18.0 Å². The molecule has 1 fully saturated rings. The van der Waals surface area contributed by atoms with Gasteiger partial charge in [0.15, 0.2) is 0 Å². The molecule has 0 heterocycles. The van der Waals surface area contributed by atoms with E-state index in [2.05, 4.69) is 34.9 Å². The minimum Gasteiger partial charge on any atom is -0.481 e. The Kier molecular flexibility index (Phi) is 7.43. The van der Waals surface area contributed by atoms with Gasteiger partial charge >= 0.3 is 12.1 Å². The van der Waals surface area contributed by atoms with E-state index in [4.69, 9.17) is 4.74 Å². The highest BCUT2D eigenvalue weighted by molar-refractivity contribution is 5.79. The Balaban J connectivity index is 1.25. The number of carbonyl (C=O) groups excluding carboxylic acids is 2. The molecule has 7 nitrogen and oxygen atoms in total. The van der Waals surface area contributed by atoms with Crippen molar-refractivity contribution in [2.45, 2.75) is 57.9 Å². The molecule has 2 aromatic rings.